The van der Waals surface area contributed by atoms with Crippen molar-refractivity contribution in [1.29, 1.82) is 0 Å². The lowest BCUT2D eigenvalue weighted by Crippen LogP contribution is -2.40. The minimum absolute atomic E-state index is 0.258. The summed E-state index contributed by atoms with van der Waals surface area (Å²) < 4.78 is 0.682. The zero-order chi connectivity index (χ0) is 14.5. The van der Waals surface area contributed by atoms with Crippen molar-refractivity contribution < 1.29 is 9.59 Å². The van der Waals surface area contributed by atoms with Gasteiger partial charge in [0.2, 0.25) is 5.91 Å². The lowest BCUT2D eigenvalue weighted by molar-refractivity contribution is -0.121. The van der Waals surface area contributed by atoms with Gasteiger partial charge in [-0.1, -0.05) is 12.1 Å². The van der Waals surface area contributed by atoms with Gasteiger partial charge in [0.25, 0.3) is 5.91 Å². The highest BCUT2D eigenvalue weighted by molar-refractivity contribution is 9.10. The number of nitrogens with one attached hydrogen (secondary N) is 2. The molecule has 0 saturated carbocycles. The summed E-state index contributed by atoms with van der Waals surface area (Å²) in [5, 5.41) is 5.62. The van der Waals surface area contributed by atoms with Crippen LogP contribution in [0, 0.1) is 0 Å². The monoisotopic (exact) mass is 339 g/mol. The Balaban J connectivity index is 1.86. The molecule has 1 atom stereocenters. The van der Waals surface area contributed by atoms with Crippen molar-refractivity contribution in [3.63, 3.8) is 0 Å². The highest BCUT2D eigenvalue weighted by Crippen LogP contribution is 2.15. The van der Waals surface area contributed by atoms with Gasteiger partial charge in [-0.3, -0.25) is 19.8 Å². The van der Waals surface area contributed by atoms with Gasteiger partial charge in [-0.25, -0.2) is 0 Å². The van der Waals surface area contributed by atoms with Crippen LogP contribution in [0.3, 0.4) is 0 Å². The van der Waals surface area contributed by atoms with Gasteiger partial charge < -0.3 is 5.32 Å². The van der Waals surface area contributed by atoms with E-state index in [9.17, 15) is 9.59 Å². The number of likely N-dealkylation sites (N-methyl/N-ethyl adjacent to an activating group) is 1. The third kappa shape index (κ3) is 3.88. The van der Waals surface area contributed by atoms with Gasteiger partial charge >= 0.3 is 0 Å². The molecule has 1 aliphatic heterocycles. The molecule has 20 heavy (non-hydrogen) atoms. The summed E-state index contributed by atoms with van der Waals surface area (Å²) in [4.78, 5) is 25.9. The summed E-state index contributed by atoms with van der Waals surface area (Å²) in [6.07, 6.45) is 1.03. The molecule has 1 heterocycles. The number of imide groups is 1. The summed E-state index contributed by atoms with van der Waals surface area (Å²) in [7, 11) is 1.92. The minimum atomic E-state index is -0.369. The topological polar surface area (TPSA) is 61.4 Å². The molecule has 0 spiro atoms. The van der Waals surface area contributed by atoms with Crippen LogP contribution < -0.4 is 10.6 Å². The van der Waals surface area contributed by atoms with Crippen LogP contribution in [-0.2, 0) is 4.79 Å². The summed E-state index contributed by atoms with van der Waals surface area (Å²) in [5.41, 5.74) is 0.468. The van der Waals surface area contributed by atoms with Crippen molar-refractivity contribution in [2.24, 2.45) is 0 Å². The fraction of sp³-hybridized carbons (Fsp3) is 0.429. The Bertz CT molecular complexity index is 507. The van der Waals surface area contributed by atoms with Gasteiger partial charge in [0.1, 0.15) is 0 Å². The van der Waals surface area contributed by atoms with E-state index < -0.39 is 0 Å². The molecule has 1 saturated heterocycles. The fourth-order valence-corrected chi connectivity index (χ4v) is 2.76. The Labute approximate surface area is 126 Å². The highest BCUT2D eigenvalue weighted by atomic mass is 79.9. The first-order chi connectivity index (χ1) is 9.60. The smallest absolute Gasteiger partial charge is 0.259 e. The Kier molecular flexibility index (Phi) is 5.28. The van der Waals surface area contributed by atoms with E-state index in [0.717, 1.165) is 19.5 Å². The number of nitrogens with zero attached hydrogens (tertiary/aromatic N) is 1. The molecule has 1 aromatic carbocycles. The lowest BCUT2D eigenvalue weighted by atomic mass is 10.2. The number of hydrogen-bond donors (Lipinski definition) is 2. The number of carbonyl (C=O) groups is 2. The van der Waals surface area contributed by atoms with E-state index >= 15 is 0 Å². The summed E-state index contributed by atoms with van der Waals surface area (Å²) in [6, 6.07) is 7.48. The van der Waals surface area contributed by atoms with E-state index in [0.29, 0.717) is 16.1 Å². The predicted octanol–water partition coefficient (Wildman–Crippen LogP) is 0.999. The maximum Gasteiger partial charge on any atom is 0.259 e. The largest absolute Gasteiger partial charge is 0.316 e. The van der Waals surface area contributed by atoms with Gasteiger partial charge in [0.05, 0.1) is 12.1 Å². The molecule has 0 bridgehead atoms. The third-order valence-corrected chi connectivity index (χ3v) is 4.11. The van der Waals surface area contributed by atoms with Crippen LogP contribution in [0.25, 0.3) is 0 Å². The number of rotatable bonds is 4. The molecule has 1 aliphatic rings. The van der Waals surface area contributed by atoms with E-state index in [1.165, 1.54) is 0 Å². The average Bonchev–Trinajstić information content (AvgIpc) is 2.86. The Hall–Kier alpha value is -1.24. The molecule has 5 nitrogen and oxygen atoms in total. The van der Waals surface area contributed by atoms with Crippen LogP contribution in [0.5, 0.6) is 0 Å². The van der Waals surface area contributed by atoms with Crippen molar-refractivity contribution in [3.8, 4) is 0 Å². The number of hydrogen-bond acceptors (Lipinski definition) is 4. The molecule has 1 fully saturated rings. The molecular formula is C14H18BrN3O2. The van der Waals surface area contributed by atoms with Gasteiger partial charge in [-0.05, 0) is 41.5 Å². The molecule has 2 amide bonds. The fourth-order valence-electron chi connectivity index (χ4n) is 2.29. The summed E-state index contributed by atoms with van der Waals surface area (Å²) >= 11 is 3.30. The molecule has 2 rings (SSSR count). The molecule has 2 N–H and O–H groups in total. The Morgan fingerprint density at radius 2 is 2.15 bits per heavy atom. The first kappa shape index (κ1) is 15.2. The van der Waals surface area contributed by atoms with Crippen molar-refractivity contribution in [3.05, 3.63) is 34.3 Å². The van der Waals surface area contributed by atoms with Gasteiger partial charge in [0, 0.05) is 23.6 Å². The number of carbonyl (C=O) groups excluding carboxylic acids is 2. The maximum absolute atomic E-state index is 12.0. The second-order valence-electron chi connectivity index (χ2n) is 4.87. The minimum Gasteiger partial charge on any atom is -0.316 e. The van der Waals surface area contributed by atoms with Crippen molar-refractivity contribution in [1.82, 2.24) is 15.5 Å². The average molecular weight is 340 g/mol. The summed E-state index contributed by atoms with van der Waals surface area (Å²) in [5.74, 6) is -0.630. The molecule has 1 unspecified atom stereocenters. The zero-order valence-corrected chi connectivity index (χ0v) is 12.9. The molecule has 0 aromatic heterocycles. The molecule has 108 valence electrons. The molecule has 6 heteroatoms. The molecule has 1 aromatic rings. The summed E-state index contributed by atoms with van der Waals surface area (Å²) in [6.45, 7) is 1.98. The van der Waals surface area contributed by atoms with E-state index in [1.807, 2.05) is 18.0 Å². The molecule has 0 aliphatic carbocycles. The van der Waals surface area contributed by atoms with Gasteiger partial charge in [0.15, 0.2) is 0 Å². The van der Waals surface area contributed by atoms with Crippen LogP contribution in [0.15, 0.2) is 28.7 Å². The number of benzene rings is 1. The number of amides is 2. The second-order valence-corrected chi connectivity index (χ2v) is 5.72. The predicted molar refractivity (Wildman–Crippen MR) is 80.5 cm³/mol. The normalized spacial score (nSPS) is 19.0. The standard InChI is InChI=1S/C14H18BrN3O2/c1-16-10-6-7-18(8-10)9-13(19)17-14(20)11-4-2-3-5-12(11)15/h2-5,10,16H,6-9H2,1H3,(H,17,19,20). The van der Waals surface area contributed by atoms with Crippen LogP contribution in [0.1, 0.15) is 16.8 Å². The van der Waals surface area contributed by atoms with Crippen molar-refractivity contribution in [2.45, 2.75) is 12.5 Å². The zero-order valence-electron chi connectivity index (χ0n) is 11.4. The Morgan fingerprint density at radius 3 is 2.80 bits per heavy atom. The van der Waals surface area contributed by atoms with Gasteiger partial charge in [-0.2, -0.15) is 0 Å². The molecule has 0 radical (unpaired) electrons. The van der Waals surface area contributed by atoms with Crippen LogP contribution in [0.2, 0.25) is 0 Å². The first-order valence-corrected chi connectivity index (χ1v) is 7.37. The lowest BCUT2D eigenvalue weighted by Gasteiger charge is -2.15. The van der Waals surface area contributed by atoms with Crippen LogP contribution in [0.4, 0.5) is 0 Å². The van der Waals surface area contributed by atoms with E-state index in [2.05, 4.69) is 26.6 Å². The SMILES string of the molecule is CNC1CCN(CC(=O)NC(=O)c2ccccc2Br)C1. The maximum atomic E-state index is 12.0. The number of halogens is 1. The number of likely N-dealkylation sites (tertiary alicyclic amines) is 1. The van der Waals surface area contributed by atoms with Crippen molar-refractivity contribution in [2.75, 3.05) is 26.7 Å². The molecular weight excluding hydrogens is 322 g/mol. The quantitative estimate of drug-likeness (QED) is 0.859. The second kappa shape index (κ2) is 6.97. The van der Waals surface area contributed by atoms with E-state index in [-0.39, 0.29) is 18.4 Å². The first-order valence-electron chi connectivity index (χ1n) is 6.58. The Morgan fingerprint density at radius 1 is 1.40 bits per heavy atom. The van der Waals surface area contributed by atoms with Crippen molar-refractivity contribution >= 4 is 27.7 Å². The third-order valence-electron chi connectivity index (χ3n) is 3.42. The highest BCUT2D eigenvalue weighted by Gasteiger charge is 2.23. The van der Waals surface area contributed by atoms with E-state index in [1.54, 1.807) is 18.2 Å². The van der Waals surface area contributed by atoms with Gasteiger partial charge in [-0.15, -0.1) is 0 Å². The van der Waals surface area contributed by atoms with E-state index in [4.69, 9.17) is 0 Å². The van der Waals surface area contributed by atoms with Crippen LogP contribution in [-0.4, -0.2) is 49.4 Å². The van der Waals surface area contributed by atoms with Crippen LogP contribution >= 0.6 is 15.9 Å².